The second-order valence-electron chi connectivity index (χ2n) is 7.50. The fourth-order valence-corrected chi connectivity index (χ4v) is 3.14. The molecule has 1 aromatic heterocycles. The van der Waals surface area contributed by atoms with Gasteiger partial charge < -0.3 is 27.5 Å². The van der Waals surface area contributed by atoms with E-state index in [4.69, 9.17) is 16.9 Å². The predicted molar refractivity (Wildman–Crippen MR) is 132 cm³/mol. The molecule has 3 rings (SSSR count). The fraction of sp³-hybridized carbons (Fsp3) is 0.167. The Bertz CT molecular complexity index is 1130. The Morgan fingerprint density at radius 1 is 1.22 bits per heavy atom. The summed E-state index contributed by atoms with van der Waals surface area (Å²) in [7, 11) is 1.70. The van der Waals surface area contributed by atoms with Crippen LogP contribution in [0.15, 0.2) is 98.9 Å². The summed E-state index contributed by atoms with van der Waals surface area (Å²) in [5.41, 5.74) is 18.1. The maximum Gasteiger partial charge on any atom is 0.132 e. The zero-order valence-corrected chi connectivity index (χ0v) is 18.4. The maximum atomic E-state index is 7.52. The molecule has 7 N–H and O–H groups in total. The molecule has 32 heavy (non-hydrogen) atoms. The second-order valence-corrected chi connectivity index (χ2v) is 7.50. The lowest BCUT2D eigenvalue weighted by Crippen LogP contribution is -2.27. The van der Waals surface area contributed by atoms with Crippen LogP contribution in [0.25, 0.3) is 5.70 Å². The summed E-state index contributed by atoms with van der Waals surface area (Å²) in [4.78, 5) is 12.8. The lowest BCUT2D eigenvalue weighted by Gasteiger charge is -2.24. The number of fused-ring (bicyclic) bond motifs is 1. The lowest BCUT2D eigenvalue weighted by atomic mass is 9.98. The van der Waals surface area contributed by atoms with Gasteiger partial charge in [-0.3, -0.25) is 9.98 Å². The van der Waals surface area contributed by atoms with Gasteiger partial charge in [0, 0.05) is 60.5 Å². The van der Waals surface area contributed by atoms with Gasteiger partial charge in [0.2, 0.25) is 0 Å². The van der Waals surface area contributed by atoms with Crippen LogP contribution in [0.2, 0.25) is 0 Å². The molecule has 2 aliphatic heterocycles. The molecule has 0 aliphatic carbocycles. The number of amidine groups is 1. The first-order valence-corrected chi connectivity index (χ1v) is 10.2. The average Bonchev–Trinajstić information content (AvgIpc) is 2.80. The normalized spacial score (nSPS) is 17.4. The Kier molecular flexibility index (Phi) is 7.17. The monoisotopic (exact) mass is 428 g/mol. The molecule has 164 valence electrons. The predicted octanol–water partition coefficient (Wildman–Crippen LogP) is 2.74. The van der Waals surface area contributed by atoms with Crippen molar-refractivity contribution in [2.24, 2.45) is 27.4 Å². The SMILES string of the molecule is CN=CC(C1=CNC2=CC=C(N=C(N)C=C(C=N)C(C)C)NC2=C1)=C(N)c1cccnc1. The van der Waals surface area contributed by atoms with Crippen molar-refractivity contribution in [1.29, 1.82) is 5.41 Å². The maximum absolute atomic E-state index is 7.52. The van der Waals surface area contributed by atoms with Gasteiger partial charge in [-0.25, -0.2) is 4.99 Å². The minimum absolute atomic E-state index is 0.190. The summed E-state index contributed by atoms with van der Waals surface area (Å²) in [6.45, 7) is 4.01. The van der Waals surface area contributed by atoms with Gasteiger partial charge in [0.15, 0.2) is 0 Å². The summed E-state index contributed by atoms with van der Waals surface area (Å²) < 4.78 is 0. The van der Waals surface area contributed by atoms with Gasteiger partial charge in [-0.1, -0.05) is 13.8 Å². The average molecular weight is 429 g/mol. The molecule has 0 radical (unpaired) electrons. The first kappa shape index (κ1) is 22.5. The molecule has 1 aromatic rings. The van der Waals surface area contributed by atoms with Crippen LogP contribution in [0, 0.1) is 11.3 Å². The summed E-state index contributed by atoms with van der Waals surface area (Å²) in [5, 5.41) is 14.1. The highest BCUT2D eigenvalue weighted by Crippen LogP contribution is 2.25. The van der Waals surface area contributed by atoms with Crippen molar-refractivity contribution >= 4 is 24.0 Å². The number of aliphatic imine (C=N–C) groups is 2. The largest absolute Gasteiger partial charge is 0.398 e. The third-order valence-corrected chi connectivity index (χ3v) is 4.87. The lowest BCUT2D eigenvalue weighted by molar-refractivity contribution is 0.806. The van der Waals surface area contributed by atoms with E-state index >= 15 is 0 Å². The zero-order chi connectivity index (χ0) is 23.1. The summed E-state index contributed by atoms with van der Waals surface area (Å²) >= 11 is 0. The van der Waals surface area contributed by atoms with Crippen LogP contribution in [0.5, 0.6) is 0 Å². The smallest absolute Gasteiger partial charge is 0.132 e. The Hall–Kier alpha value is -4.20. The van der Waals surface area contributed by atoms with Crippen LogP contribution < -0.4 is 22.1 Å². The van der Waals surface area contributed by atoms with Gasteiger partial charge in [-0.05, 0) is 47.9 Å². The van der Waals surface area contributed by atoms with Crippen LogP contribution in [-0.2, 0) is 0 Å². The van der Waals surface area contributed by atoms with Crippen molar-refractivity contribution in [2.45, 2.75) is 13.8 Å². The third-order valence-electron chi connectivity index (χ3n) is 4.87. The van der Waals surface area contributed by atoms with Gasteiger partial charge in [-0.2, -0.15) is 0 Å². The standard InChI is InChI=1S/C24H28N8/c1-15(2)17(11-25)10-22(26)32-23-7-6-20-21(31-23)9-18(13-30-20)19(14-28-3)24(27)16-5-4-8-29-12-16/h4-15,25,30-31H,27H2,1-3H3,(H2,26,32). The molecule has 2 aliphatic rings. The van der Waals surface area contributed by atoms with E-state index in [1.54, 1.807) is 31.7 Å². The van der Waals surface area contributed by atoms with Crippen LogP contribution in [0.4, 0.5) is 0 Å². The number of nitrogens with one attached hydrogen (secondary N) is 3. The minimum atomic E-state index is 0.190. The topological polar surface area (TPSA) is 138 Å². The van der Waals surface area contributed by atoms with Crippen LogP contribution in [0.3, 0.4) is 0 Å². The van der Waals surface area contributed by atoms with Crippen molar-refractivity contribution in [3.05, 3.63) is 94.5 Å². The second kappa shape index (κ2) is 10.2. The van der Waals surface area contributed by atoms with Crippen molar-refractivity contribution in [1.82, 2.24) is 15.6 Å². The first-order chi connectivity index (χ1) is 15.4. The van der Waals surface area contributed by atoms with Crippen LogP contribution in [-0.4, -0.2) is 30.3 Å². The van der Waals surface area contributed by atoms with Crippen molar-refractivity contribution in [3.8, 4) is 0 Å². The van der Waals surface area contributed by atoms with E-state index in [9.17, 15) is 0 Å². The van der Waals surface area contributed by atoms with Gasteiger partial charge in [0.05, 0.1) is 11.4 Å². The summed E-state index contributed by atoms with van der Waals surface area (Å²) in [5.74, 6) is 1.11. The fourth-order valence-electron chi connectivity index (χ4n) is 3.14. The Balaban J connectivity index is 1.90. The van der Waals surface area contributed by atoms with Crippen molar-refractivity contribution in [2.75, 3.05) is 7.05 Å². The molecule has 0 saturated heterocycles. The van der Waals surface area contributed by atoms with E-state index in [0.717, 1.165) is 33.7 Å². The molecule has 0 unspecified atom stereocenters. The summed E-state index contributed by atoms with van der Waals surface area (Å²) in [6, 6.07) is 3.75. The summed E-state index contributed by atoms with van der Waals surface area (Å²) in [6.07, 6.45) is 15.8. The highest BCUT2D eigenvalue weighted by Gasteiger charge is 2.18. The quantitative estimate of drug-likeness (QED) is 0.336. The van der Waals surface area contributed by atoms with E-state index in [0.29, 0.717) is 17.4 Å². The molecular weight excluding hydrogens is 400 g/mol. The van der Waals surface area contributed by atoms with Crippen molar-refractivity contribution < 1.29 is 0 Å². The minimum Gasteiger partial charge on any atom is -0.398 e. The molecule has 0 aromatic carbocycles. The molecule has 0 spiro atoms. The molecule has 0 amide bonds. The molecule has 0 bridgehead atoms. The van der Waals surface area contributed by atoms with Gasteiger partial charge >= 0.3 is 0 Å². The van der Waals surface area contributed by atoms with Gasteiger partial charge in [0.1, 0.15) is 11.7 Å². The van der Waals surface area contributed by atoms with Gasteiger partial charge in [0.25, 0.3) is 0 Å². The zero-order valence-electron chi connectivity index (χ0n) is 18.4. The van der Waals surface area contributed by atoms with E-state index in [-0.39, 0.29) is 5.92 Å². The van der Waals surface area contributed by atoms with E-state index < -0.39 is 0 Å². The highest BCUT2D eigenvalue weighted by molar-refractivity contribution is 5.98. The molecule has 8 heteroatoms. The number of allylic oxidation sites excluding steroid dienone is 6. The number of dihydropyridines is 2. The number of nitrogens with two attached hydrogens (primary N) is 2. The number of hydrogen-bond donors (Lipinski definition) is 5. The van der Waals surface area contributed by atoms with Gasteiger partial charge in [-0.15, -0.1) is 0 Å². The number of aromatic nitrogens is 1. The molecule has 0 saturated carbocycles. The number of hydrogen-bond acceptors (Lipinski definition) is 7. The first-order valence-electron chi connectivity index (χ1n) is 10.2. The highest BCUT2D eigenvalue weighted by atomic mass is 15.1. The molecular formula is C24H28N8. The van der Waals surface area contributed by atoms with Crippen LogP contribution >= 0.6 is 0 Å². The third kappa shape index (κ3) is 5.28. The molecule has 0 atom stereocenters. The number of rotatable bonds is 7. The van der Waals surface area contributed by atoms with E-state index in [2.05, 4.69) is 25.6 Å². The Morgan fingerprint density at radius 2 is 2.03 bits per heavy atom. The molecule has 8 nitrogen and oxygen atoms in total. The Labute approximate surface area is 188 Å². The van der Waals surface area contributed by atoms with E-state index in [1.807, 2.05) is 50.4 Å². The van der Waals surface area contributed by atoms with Crippen molar-refractivity contribution in [3.63, 3.8) is 0 Å². The molecule has 0 fully saturated rings. The number of nitrogens with zero attached hydrogens (tertiary/aromatic N) is 3. The van der Waals surface area contributed by atoms with Crippen LogP contribution in [0.1, 0.15) is 19.4 Å². The molecule has 3 heterocycles. The van der Waals surface area contributed by atoms with E-state index in [1.165, 1.54) is 6.21 Å². The Morgan fingerprint density at radius 3 is 2.69 bits per heavy atom. The number of pyridine rings is 1.